The summed E-state index contributed by atoms with van der Waals surface area (Å²) in [6.07, 6.45) is 0. The summed E-state index contributed by atoms with van der Waals surface area (Å²) in [6, 6.07) is 8.58. The zero-order valence-corrected chi connectivity index (χ0v) is 16.0. The molecule has 0 bridgehead atoms. The smallest absolute Gasteiger partial charge is 0.238 e. The lowest BCUT2D eigenvalue weighted by atomic mass is 10.1. The van der Waals surface area contributed by atoms with Crippen LogP contribution in [0.15, 0.2) is 51.0 Å². The maximum Gasteiger partial charge on any atom is 0.238 e. The molecule has 1 unspecified atom stereocenters. The van der Waals surface area contributed by atoms with E-state index in [0.29, 0.717) is 12.5 Å². The second kappa shape index (κ2) is 8.98. The van der Waals surface area contributed by atoms with E-state index in [1.165, 1.54) is 17.7 Å². The third-order valence-corrected chi connectivity index (χ3v) is 5.33. The van der Waals surface area contributed by atoms with Gasteiger partial charge in [-0.25, -0.2) is 18.5 Å². The molecule has 0 amide bonds. The summed E-state index contributed by atoms with van der Waals surface area (Å²) in [5, 5.41) is 15.9. The molecule has 6 nitrogen and oxygen atoms in total. The van der Waals surface area contributed by atoms with Crippen LogP contribution in [-0.2, 0) is 16.6 Å². The summed E-state index contributed by atoms with van der Waals surface area (Å²) in [7, 11) is -3.66. The fourth-order valence-corrected chi connectivity index (χ4v) is 3.52. The maximum atomic E-state index is 11.3. The molecule has 0 radical (unpaired) electrons. The minimum Gasteiger partial charge on any atom is -0.357 e. The predicted molar refractivity (Wildman–Crippen MR) is 103 cm³/mol. The molecule has 0 fully saturated rings. The van der Waals surface area contributed by atoms with E-state index in [0.717, 1.165) is 24.6 Å². The summed E-state index contributed by atoms with van der Waals surface area (Å²) in [5.41, 5.74) is 2.22. The molecule has 1 aromatic carbocycles. The molecule has 1 heterocycles. The molecule has 2 rings (SSSR count). The van der Waals surface area contributed by atoms with Crippen LogP contribution < -0.4 is 15.8 Å². The fraction of sp³-hybridized carbons (Fsp3) is 0.353. The molecule has 2 aromatic rings. The molecule has 8 heteroatoms. The van der Waals surface area contributed by atoms with Crippen LogP contribution in [0.3, 0.4) is 0 Å². The first-order valence-corrected chi connectivity index (χ1v) is 10.5. The Kier molecular flexibility index (Phi) is 6.98. The van der Waals surface area contributed by atoms with E-state index in [-0.39, 0.29) is 4.90 Å². The van der Waals surface area contributed by atoms with E-state index in [9.17, 15) is 8.42 Å². The van der Waals surface area contributed by atoms with Crippen LogP contribution in [0, 0.1) is 0 Å². The lowest BCUT2D eigenvalue weighted by molar-refractivity contribution is 0.598. The van der Waals surface area contributed by atoms with Gasteiger partial charge in [0.1, 0.15) is 0 Å². The molecule has 136 valence electrons. The lowest BCUT2D eigenvalue weighted by Crippen LogP contribution is -2.39. The third-order valence-electron chi connectivity index (χ3n) is 3.70. The van der Waals surface area contributed by atoms with E-state index >= 15 is 0 Å². The van der Waals surface area contributed by atoms with Crippen molar-refractivity contribution in [3.63, 3.8) is 0 Å². The number of hydrogen-bond donors (Lipinski definition) is 3. The molecular formula is C17H24N4O2S2. The number of primary sulfonamides is 1. The van der Waals surface area contributed by atoms with Gasteiger partial charge in [-0.05, 0) is 52.9 Å². The molecule has 1 atom stereocenters. The number of sulfonamides is 1. The molecule has 0 saturated carbocycles. The third kappa shape index (κ3) is 6.15. The summed E-state index contributed by atoms with van der Waals surface area (Å²) < 4.78 is 22.5. The van der Waals surface area contributed by atoms with Crippen LogP contribution in [0.5, 0.6) is 0 Å². The lowest BCUT2D eigenvalue weighted by Gasteiger charge is -2.15. The zero-order chi connectivity index (χ0) is 18.3. The van der Waals surface area contributed by atoms with Gasteiger partial charge >= 0.3 is 0 Å². The minimum absolute atomic E-state index is 0.106. The van der Waals surface area contributed by atoms with Crippen LogP contribution >= 0.6 is 11.3 Å². The number of thiophene rings is 1. The highest BCUT2D eigenvalue weighted by Gasteiger charge is 2.08. The average molecular weight is 381 g/mol. The van der Waals surface area contributed by atoms with E-state index in [1.807, 2.05) is 6.92 Å². The quantitative estimate of drug-likeness (QED) is 0.507. The van der Waals surface area contributed by atoms with Gasteiger partial charge in [0.15, 0.2) is 5.96 Å². The zero-order valence-electron chi connectivity index (χ0n) is 14.4. The second-order valence-electron chi connectivity index (χ2n) is 5.72. The van der Waals surface area contributed by atoms with Crippen molar-refractivity contribution in [2.24, 2.45) is 10.1 Å². The fourth-order valence-electron chi connectivity index (χ4n) is 2.22. The SMILES string of the molecule is CCNC(=NCc1ccc(S(N)(=O)=O)cc1)NCC(C)c1ccsc1. The minimum atomic E-state index is -3.66. The molecule has 25 heavy (non-hydrogen) atoms. The maximum absolute atomic E-state index is 11.3. The first-order valence-electron chi connectivity index (χ1n) is 8.06. The van der Waals surface area contributed by atoms with Gasteiger partial charge in [-0.1, -0.05) is 19.1 Å². The molecule has 0 saturated heterocycles. The highest BCUT2D eigenvalue weighted by Crippen LogP contribution is 2.17. The summed E-state index contributed by atoms with van der Waals surface area (Å²) in [4.78, 5) is 4.65. The molecule has 0 spiro atoms. The highest BCUT2D eigenvalue weighted by molar-refractivity contribution is 7.89. The average Bonchev–Trinajstić information content (AvgIpc) is 3.11. The number of aliphatic imine (C=N–C) groups is 1. The first kappa shape index (κ1) is 19.4. The first-order chi connectivity index (χ1) is 11.9. The molecule has 4 N–H and O–H groups in total. The number of guanidine groups is 1. The Morgan fingerprint density at radius 3 is 2.52 bits per heavy atom. The molecule has 0 aliphatic heterocycles. The number of nitrogens with one attached hydrogen (secondary N) is 2. The largest absolute Gasteiger partial charge is 0.357 e. The normalized spacial score (nSPS) is 13.5. The summed E-state index contributed by atoms with van der Waals surface area (Å²) in [5.74, 6) is 1.13. The Bertz CT molecular complexity index is 785. The monoisotopic (exact) mass is 380 g/mol. The van der Waals surface area contributed by atoms with E-state index in [1.54, 1.807) is 23.5 Å². The summed E-state index contributed by atoms with van der Waals surface area (Å²) >= 11 is 1.70. The Balaban J connectivity index is 1.96. The van der Waals surface area contributed by atoms with Crippen molar-refractivity contribution < 1.29 is 8.42 Å². The Labute approximate surface area is 153 Å². The second-order valence-corrected chi connectivity index (χ2v) is 8.06. The van der Waals surface area contributed by atoms with Crippen LogP contribution in [0.1, 0.15) is 30.9 Å². The van der Waals surface area contributed by atoms with Gasteiger partial charge < -0.3 is 10.6 Å². The van der Waals surface area contributed by atoms with Crippen molar-refractivity contribution >= 4 is 27.3 Å². The van der Waals surface area contributed by atoms with E-state index in [2.05, 4.69) is 39.4 Å². The van der Waals surface area contributed by atoms with Gasteiger partial charge in [0, 0.05) is 13.1 Å². The van der Waals surface area contributed by atoms with Gasteiger partial charge in [0.25, 0.3) is 0 Å². The van der Waals surface area contributed by atoms with Crippen molar-refractivity contribution in [3.8, 4) is 0 Å². The topological polar surface area (TPSA) is 96.6 Å². The van der Waals surface area contributed by atoms with Crippen LogP contribution in [0.4, 0.5) is 0 Å². The van der Waals surface area contributed by atoms with Crippen LogP contribution in [0.2, 0.25) is 0 Å². The van der Waals surface area contributed by atoms with Crippen molar-refractivity contribution in [2.75, 3.05) is 13.1 Å². The van der Waals surface area contributed by atoms with Crippen molar-refractivity contribution in [3.05, 3.63) is 52.2 Å². The van der Waals surface area contributed by atoms with Crippen LogP contribution in [0.25, 0.3) is 0 Å². The number of nitrogens with two attached hydrogens (primary N) is 1. The highest BCUT2D eigenvalue weighted by atomic mass is 32.2. The number of benzene rings is 1. The van der Waals surface area contributed by atoms with E-state index in [4.69, 9.17) is 5.14 Å². The molecule has 0 aliphatic carbocycles. The Morgan fingerprint density at radius 1 is 1.24 bits per heavy atom. The number of nitrogens with zero attached hydrogens (tertiary/aromatic N) is 1. The molecule has 0 aliphatic rings. The van der Waals surface area contributed by atoms with Gasteiger partial charge in [-0.15, -0.1) is 0 Å². The van der Waals surface area contributed by atoms with E-state index < -0.39 is 10.0 Å². The van der Waals surface area contributed by atoms with Crippen molar-refractivity contribution in [1.29, 1.82) is 0 Å². The predicted octanol–water partition coefficient (Wildman–Crippen LogP) is 2.25. The van der Waals surface area contributed by atoms with Crippen LogP contribution in [-0.4, -0.2) is 27.5 Å². The Hall–Kier alpha value is -1.90. The van der Waals surface area contributed by atoms with Crippen molar-refractivity contribution in [1.82, 2.24) is 10.6 Å². The molecule has 1 aromatic heterocycles. The Morgan fingerprint density at radius 2 is 1.96 bits per heavy atom. The van der Waals surface area contributed by atoms with Crippen molar-refractivity contribution in [2.45, 2.75) is 31.2 Å². The van der Waals surface area contributed by atoms with Gasteiger partial charge in [-0.3, -0.25) is 0 Å². The standard InChI is InChI=1S/C17H24N4O2S2/c1-3-19-17(20-10-13(2)15-8-9-24-12-15)21-11-14-4-6-16(7-5-14)25(18,22)23/h4-9,12-13H,3,10-11H2,1-2H3,(H2,18,22,23)(H2,19,20,21). The molecular weight excluding hydrogens is 356 g/mol. The number of hydrogen-bond acceptors (Lipinski definition) is 4. The number of rotatable bonds is 7. The van der Waals surface area contributed by atoms with Gasteiger partial charge in [0.05, 0.1) is 11.4 Å². The van der Waals surface area contributed by atoms with Gasteiger partial charge in [-0.2, -0.15) is 11.3 Å². The summed E-state index contributed by atoms with van der Waals surface area (Å²) in [6.45, 7) is 6.19. The van der Waals surface area contributed by atoms with Gasteiger partial charge in [0.2, 0.25) is 10.0 Å².